The monoisotopic (exact) mass is 511 g/mol. The van der Waals surface area contributed by atoms with Gasteiger partial charge in [-0.15, -0.1) is 24.9 Å². The van der Waals surface area contributed by atoms with Crippen molar-refractivity contribution >= 4 is 35.2 Å². The summed E-state index contributed by atoms with van der Waals surface area (Å²) in [6.07, 6.45) is 4.86. The number of hydrogen-bond acceptors (Lipinski definition) is 5. The van der Waals surface area contributed by atoms with Crippen molar-refractivity contribution in [3.05, 3.63) is 55.6 Å². The van der Waals surface area contributed by atoms with E-state index in [1.807, 2.05) is 44.2 Å². The molecule has 3 aliphatic rings. The summed E-state index contributed by atoms with van der Waals surface area (Å²) >= 11 is 1.64. The Hall–Kier alpha value is -2.58. The van der Waals surface area contributed by atoms with Crippen LogP contribution >= 0.6 is 11.8 Å². The molecule has 3 aliphatic heterocycles. The third kappa shape index (κ3) is 4.08. The van der Waals surface area contributed by atoms with Crippen molar-refractivity contribution < 1.29 is 19.5 Å². The summed E-state index contributed by atoms with van der Waals surface area (Å²) in [6.45, 7) is 13.8. The van der Waals surface area contributed by atoms with E-state index >= 15 is 0 Å². The Bertz CT molecular complexity index is 1030. The van der Waals surface area contributed by atoms with Crippen molar-refractivity contribution in [1.29, 1.82) is 0 Å². The first-order chi connectivity index (χ1) is 17.2. The van der Waals surface area contributed by atoms with Crippen LogP contribution in [-0.4, -0.2) is 80.4 Å². The molecule has 1 N–H and O–H groups in total. The fourth-order valence-electron chi connectivity index (χ4n) is 6.31. The topological polar surface area (TPSA) is 81.2 Å². The molecular weight excluding hydrogens is 474 g/mol. The van der Waals surface area contributed by atoms with E-state index in [4.69, 9.17) is 0 Å². The summed E-state index contributed by atoms with van der Waals surface area (Å²) in [6, 6.07) is 8.11. The summed E-state index contributed by atoms with van der Waals surface area (Å²) in [5, 5.41) is 10.0. The fourth-order valence-corrected chi connectivity index (χ4v) is 8.50. The molecule has 0 radical (unpaired) electrons. The second-order valence-electron chi connectivity index (χ2n) is 10.3. The molecule has 3 fully saturated rings. The maximum atomic E-state index is 14.1. The van der Waals surface area contributed by atoms with Crippen LogP contribution in [-0.2, 0) is 14.4 Å². The number of nitrogens with zero attached hydrogens (tertiary/aromatic N) is 3. The molecule has 3 heterocycles. The normalized spacial score (nSPS) is 29.2. The standard InChI is InChI=1S/C28H37N3O4S/c1-6-15-29(18(3)4)27(35)24-28-14-13-21(36-28)22(23(28)26(34)31(24)19(5)17-32)25(33)30(16-7-2)20-11-9-8-10-12-20/h6-12,18-19,21-24,32H,1-2,13-17H2,3-5H3/t19-,21-,22+,23+,24?,28?/m1/s1. The van der Waals surface area contributed by atoms with Gasteiger partial charge in [0.2, 0.25) is 17.7 Å². The smallest absolute Gasteiger partial charge is 0.247 e. The van der Waals surface area contributed by atoms with Gasteiger partial charge < -0.3 is 19.8 Å². The van der Waals surface area contributed by atoms with Gasteiger partial charge in [0.15, 0.2) is 0 Å². The number of aliphatic hydroxyl groups excluding tert-OH is 1. The highest BCUT2D eigenvalue weighted by molar-refractivity contribution is 8.02. The van der Waals surface area contributed by atoms with E-state index in [0.717, 1.165) is 12.1 Å². The molecule has 8 heteroatoms. The Balaban J connectivity index is 1.77. The lowest BCUT2D eigenvalue weighted by molar-refractivity contribution is -0.146. The van der Waals surface area contributed by atoms with E-state index in [2.05, 4.69) is 13.2 Å². The van der Waals surface area contributed by atoms with Crippen LogP contribution in [0.2, 0.25) is 0 Å². The molecule has 1 aromatic carbocycles. The maximum Gasteiger partial charge on any atom is 0.247 e. The van der Waals surface area contributed by atoms with Gasteiger partial charge in [-0.05, 0) is 45.7 Å². The highest BCUT2D eigenvalue weighted by Crippen LogP contribution is 2.67. The second-order valence-corrected chi connectivity index (χ2v) is 11.9. The minimum atomic E-state index is -0.725. The molecule has 4 rings (SSSR count). The number of rotatable bonds is 10. The maximum absolute atomic E-state index is 14.1. The van der Waals surface area contributed by atoms with E-state index in [1.54, 1.807) is 45.5 Å². The van der Waals surface area contributed by atoms with Crippen LogP contribution in [0.5, 0.6) is 0 Å². The number of likely N-dealkylation sites (tertiary alicyclic amines) is 1. The zero-order valence-corrected chi connectivity index (χ0v) is 22.2. The van der Waals surface area contributed by atoms with Crippen molar-refractivity contribution in [2.45, 2.75) is 61.7 Å². The van der Waals surface area contributed by atoms with Crippen LogP contribution in [0.15, 0.2) is 55.6 Å². The van der Waals surface area contributed by atoms with Gasteiger partial charge in [-0.1, -0.05) is 30.4 Å². The van der Waals surface area contributed by atoms with Gasteiger partial charge in [0.1, 0.15) is 6.04 Å². The first-order valence-corrected chi connectivity index (χ1v) is 13.6. The molecule has 1 spiro atoms. The number of fused-ring (bicyclic) bond motifs is 1. The van der Waals surface area contributed by atoms with Crippen LogP contribution in [0.25, 0.3) is 0 Å². The van der Waals surface area contributed by atoms with Crippen molar-refractivity contribution in [3.63, 3.8) is 0 Å². The van der Waals surface area contributed by atoms with Gasteiger partial charge >= 0.3 is 0 Å². The van der Waals surface area contributed by atoms with Crippen molar-refractivity contribution in [1.82, 2.24) is 9.80 Å². The lowest BCUT2D eigenvalue weighted by Gasteiger charge is -2.40. The van der Waals surface area contributed by atoms with E-state index in [9.17, 15) is 19.5 Å². The van der Waals surface area contributed by atoms with Crippen LogP contribution in [0.1, 0.15) is 33.6 Å². The highest BCUT2D eigenvalue weighted by Gasteiger charge is 2.74. The average molecular weight is 512 g/mol. The van der Waals surface area contributed by atoms with Gasteiger partial charge in [-0.3, -0.25) is 14.4 Å². The first kappa shape index (κ1) is 26.5. The zero-order valence-electron chi connectivity index (χ0n) is 21.4. The number of carbonyl (C=O) groups excluding carboxylic acids is 3. The number of aliphatic hydroxyl groups is 1. The summed E-state index contributed by atoms with van der Waals surface area (Å²) in [5.41, 5.74) is 0.764. The molecule has 194 valence electrons. The molecule has 2 unspecified atom stereocenters. The van der Waals surface area contributed by atoms with Crippen LogP contribution in [0, 0.1) is 11.8 Å². The molecule has 0 aliphatic carbocycles. The molecule has 2 bridgehead atoms. The van der Waals surface area contributed by atoms with Crippen LogP contribution < -0.4 is 4.90 Å². The molecule has 0 saturated carbocycles. The third-order valence-electron chi connectivity index (χ3n) is 7.87. The SMILES string of the molecule is C=CCN(C(=O)[C@@H]1[C@H]2C(=O)N([C@H](C)CO)C(C(=O)N(CC=C)C(C)C)C23CC[C@H]1S3)c1ccccc1. The van der Waals surface area contributed by atoms with E-state index in [0.29, 0.717) is 19.5 Å². The third-order valence-corrected chi connectivity index (χ3v) is 9.83. The van der Waals surface area contributed by atoms with E-state index in [-0.39, 0.29) is 35.6 Å². The number of thioether (sulfide) groups is 1. The van der Waals surface area contributed by atoms with Crippen molar-refractivity contribution in [2.24, 2.45) is 11.8 Å². The Labute approximate surface area is 218 Å². The molecule has 3 amide bonds. The first-order valence-electron chi connectivity index (χ1n) is 12.7. The Morgan fingerprint density at radius 2 is 1.83 bits per heavy atom. The van der Waals surface area contributed by atoms with Gasteiger partial charge in [0.05, 0.1) is 29.2 Å². The van der Waals surface area contributed by atoms with E-state index < -0.39 is 28.7 Å². The molecule has 0 aromatic heterocycles. The summed E-state index contributed by atoms with van der Waals surface area (Å²) in [4.78, 5) is 47.3. The fraction of sp³-hybridized carbons (Fsp3) is 0.536. The quantitative estimate of drug-likeness (QED) is 0.489. The number of benzene rings is 1. The lowest BCUT2D eigenvalue weighted by atomic mass is 9.70. The summed E-state index contributed by atoms with van der Waals surface area (Å²) < 4.78 is -0.687. The van der Waals surface area contributed by atoms with Crippen molar-refractivity contribution in [2.75, 3.05) is 24.6 Å². The minimum Gasteiger partial charge on any atom is -0.394 e. The van der Waals surface area contributed by atoms with Gasteiger partial charge in [-0.2, -0.15) is 0 Å². The molecule has 6 atom stereocenters. The minimum absolute atomic E-state index is 0.0312. The van der Waals surface area contributed by atoms with E-state index in [1.165, 1.54) is 0 Å². The van der Waals surface area contributed by atoms with Gasteiger partial charge in [-0.25, -0.2) is 0 Å². The summed E-state index contributed by atoms with van der Waals surface area (Å²) in [5.74, 6) is -1.57. The van der Waals surface area contributed by atoms with Gasteiger partial charge in [0.25, 0.3) is 0 Å². The van der Waals surface area contributed by atoms with Gasteiger partial charge in [0, 0.05) is 30.1 Å². The van der Waals surface area contributed by atoms with Crippen molar-refractivity contribution in [3.8, 4) is 0 Å². The highest BCUT2D eigenvalue weighted by atomic mass is 32.2. The predicted octanol–water partition coefficient (Wildman–Crippen LogP) is 3.10. The molecule has 3 saturated heterocycles. The number of anilines is 1. The Kier molecular flexibility index (Phi) is 7.67. The average Bonchev–Trinajstić information content (AvgIpc) is 3.52. The molecular formula is C28H37N3O4S. The molecule has 36 heavy (non-hydrogen) atoms. The molecule has 7 nitrogen and oxygen atoms in total. The van der Waals surface area contributed by atoms with Crippen LogP contribution in [0.3, 0.4) is 0 Å². The Morgan fingerprint density at radius 3 is 2.42 bits per heavy atom. The zero-order chi connectivity index (χ0) is 26.2. The predicted molar refractivity (Wildman–Crippen MR) is 144 cm³/mol. The van der Waals surface area contributed by atoms with Crippen LogP contribution in [0.4, 0.5) is 5.69 Å². The lowest BCUT2D eigenvalue weighted by Crippen LogP contribution is -2.58. The summed E-state index contributed by atoms with van der Waals surface area (Å²) in [7, 11) is 0. The second kappa shape index (κ2) is 10.4. The Morgan fingerprint density at radius 1 is 1.17 bits per heavy atom. The molecule has 1 aromatic rings. The number of hydrogen-bond donors (Lipinski definition) is 1. The number of carbonyl (C=O) groups is 3. The number of para-hydroxylation sites is 1. The largest absolute Gasteiger partial charge is 0.394 e. The number of amides is 3.